The molecule has 0 aliphatic carbocycles. The minimum Gasteiger partial charge on any atom is -0.489 e. The summed E-state index contributed by atoms with van der Waals surface area (Å²) in [5.41, 5.74) is 2.12. The van der Waals surface area contributed by atoms with Crippen LogP contribution in [0.5, 0.6) is 5.75 Å². The van der Waals surface area contributed by atoms with Gasteiger partial charge in [0.1, 0.15) is 18.2 Å². The normalized spacial score (nSPS) is 10.7. The van der Waals surface area contributed by atoms with E-state index in [1.807, 2.05) is 18.2 Å². The highest BCUT2D eigenvalue weighted by Gasteiger charge is 2.14. The highest BCUT2D eigenvalue weighted by Crippen LogP contribution is 2.21. The number of ether oxygens (including phenoxy) is 1. The Bertz CT molecular complexity index is 1280. The molecule has 0 aliphatic rings. The highest BCUT2D eigenvalue weighted by molar-refractivity contribution is 6.12. The fraction of sp³-hybridized carbons (Fsp3) is 0.0833. The zero-order chi connectivity index (χ0) is 21.1. The molecule has 0 spiro atoms. The Kier molecular flexibility index (Phi) is 5.30. The van der Waals surface area contributed by atoms with Crippen LogP contribution < -0.4 is 15.6 Å². The lowest BCUT2D eigenvalue weighted by atomic mass is 10.1. The van der Waals surface area contributed by atoms with Crippen LogP contribution in [0.25, 0.3) is 10.9 Å². The quantitative estimate of drug-likeness (QED) is 0.534. The second-order valence-corrected chi connectivity index (χ2v) is 6.87. The molecule has 3 aromatic carbocycles. The van der Waals surface area contributed by atoms with Crippen molar-refractivity contribution in [2.45, 2.75) is 6.61 Å². The number of benzene rings is 3. The van der Waals surface area contributed by atoms with Crippen molar-refractivity contribution in [2.24, 2.45) is 7.05 Å². The Morgan fingerprint density at radius 1 is 1.00 bits per heavy atom. The van der Waals surface area contributed by atoms with Crippen LogP contribution >= 0.6 is 0 Å². The Morgan fingerprint density at radius 3 is 2.57 bits per heavy atom. The zero-order valence-electron chi connectivity index (χ0n) is 16.3. The molecule has 1 heterocycles. The lowest BCUT2D eigenvalue weighted by Gasteiger charge is -2.12. The third-order valence-corrected chi connectivity index (χ3v) is 4.81. The Morgan fingerprint density at radius 2 is 1.77 bits per heavy atom. The number of fused-ring (bicyclic) bond motifs is 1. The molecule has 0 bridgehead atoms. The third kappa shape index (κ3) is 4.07. The molecule has 0 atom stereocenters. The number of hydrogen-bond acceptors (Lipinski definition) is 3. The molecule has 0 radical (unpaired) electrons. The van der Waals surface area contributed by atoms with Crippen molar-refractivity contribution in [3.8, 4) is 5.75 Å². The van der Waals surface area contributed by atoms with Crippen molar-refractivity contribution in [1.29, 1.82) is 0 Å². The van der Waals surface area contributed by atoms with Gasteiger partial charge in [0.05, 0.1) is 11.1 Å². The molecular formula is C24H19FN2O3. The molecule has 0 unspecified atom stereocenters. The monoisotopic (exact) mass is 402 g/mol. The van der Waals surface area contributed by atoms with Crippen molar-refractivity contribution in [2.75, 3.05) is 5.32 Å². The number of amides is 1. The van der Waals surface area contributed by atoms with Gasteiger partial charge in [-0.3, -0.25) is 9.59 Å². The molecule has 5 nitrogen and oxygen atoms in total. The first-order valence-corrected chi connectivity index (χ1v) is 9.39. The van der Waals surface area contributed by atoms with Gasteiger partial charge in [-0.2, -0.15) is 0 Å². The summed E-state index contributed by atoms with van der Waals surface area (Å²) in [6.07, 6.45) is 0. The van der Waals surface area contributed by atoms with Crippen molar-refractivity contribution >= 4 is 22.5 Å². The van der Waals surface area contributed by atoms with E-state index in [2.05, 4.69) is 5.32 Å². The van der Waals surface area contributed by atoms with Crippen LogP contribution in [-0.2, 0) is 13.7 Å². The van der Waals surface area contributed by atoms with Crippen molar-refractivity contribution in [3.63, 3.8) is 0 Å². The number of nitrogens with zero attached hydrogens (tertiary/aromatic N) is 1. The summed E-state index contributed by atoms with van der Waals surface area (Å²) in [4.78, 5) is 25.1. The van der Waals surface area contributed by atoms with Crippen LogP contribution in [0.3, 0.4) is 0 Å². The van der Waals surface area contributed by atoms with E-state index in [1.165, 1.54) is 22.8 Å². The third-order valence-electron chi connectivity index (χ3n) is 4.81. The van der Waals surface area contributed by atoms with Crippen LogP contribution in [0, 0.1) is 5.82 Å². The maximum atomic E-state index is 13.0. The minimum absolute atomic E-state index is 0.254. The second kappa shape index (κ2) is 8.21. The van der Waals surface area contributed by atoms with Gasteiger partial charge >= 0.3 is 0 Å². The molecule has 0 saturated carbocycles. The zero-order valence-corrected chi connectivity index (χ0v) is 16.3. The SMILES string of the molecule is Cn1c(=O)cc(C(=O)Nc2cccc(OCc3ccc(F)cc3)c2)c2ccccc21. The number of aryl methyl sites for hydroxylation is 1. The van der Waals surface area contributed by atoms with Gasteiger partial charge in [-0.05, 0) is 35.9 Å². The summed E-state index contributed by atoms with van der Waals surface area (Å²) in [6, 6.07) is 21.6. The molecule has 4 rings (SSSR count). The maximum absolute atomic E-state index is 13.0. The average Bonchev–Trinajstić information content (AvgIpc) is 2.76. The molecule has 0 aliphatic heterocycles. The fourth-order valence-electron chi connectivity index (χ4n) is 3.21. The van der Waals surface area contributed by atoms with Gasteiger partial charge in [-0.25, -0.2) is 4.39 Å². The summed E-state index contributed by atoms with van der Waals surface area (Å²) in [5, 5.41) is 3.52. The number of carbonyl (C=O) groups is 1. The molecule has 1 aromatic heterocycles. The molecular weight excluding hydrogens is 383 g/mol. The van der Waals surface area contributed by atoms with Crippen molar-refractivity contribution < 1.29 is 13.9 Å². The number of nitrogens with one attached hydrogen (secondary N) is 1. The maximum Gasteiger partial charge on any atom is 0.256 e. The Balaban J connectivity index is 1.54. The predicted molar refractivity (Wildman–Crippen MR) is 114 cm³/mol. The van der Waals surface area contributed by atoms with Gasteiger partial charge in [-0.15, -0.1) is 0 Å². The number of aromatic nitrogens is 1. The summed E-state index contributed by atoms with van der Waals surface area (Å²) in [7, 11) is 1.67. The van der Waals surface area contributed by atoms with Gasteiger partial charge in [0.25, 0.3) is 11.5 Å². The van der Waals surface area contributed by atoms with E-state index in [1.54, 1.807) is 49.5 Å². The first-order valence-electron chi connectivity index (χ1n) is 9.39. The lowest BCUT2D eigenvalue weighted by molar-refractivity contribution is 0.102. The lowest BCUT2D eigenvalue weighted by Crippen LogP contribution is -2.21. The molecule has 0 fully saturated rings. The van der Waals surface area contributed by atoms with Crippen LogP contribution in [-0.4, -0.2) is 10.5 Å². The minimum atomic E-state index is -0.375. The predicted octanol–water partition coefficient (Wildman–Crippen LogP) is 4.51. The Hall–Kier alpha value is -3.93. The molecule has 4 aromatic rings. The average molecular weight is 402 g/mol. The van der Waals surface area contributed by atoms with Gasteiger partial charge in [-0.1, -0.05) is 36.4 Å². The summed E-state index contributed by atoms with van der Waals surface area (Å²) in [6.45, 7) is 0.275. The van der Waals surface area contributed by atoms with Gasteiger partial charge < -0.3 is 14.6 Å². The number of rotatable bonds is 5. The summed E-state index contributed by atoms with van der Waals surface area (Å²) >= 11 is 0. The number of anilines is 1. The first-order chi connectivity index (χ1) is 14.5. The standard InChI is InChI=1S/C24H19FN2O3/c1-27-22-8-3-2-7-20(22)21(14-23(27)28)24(29)26-18-5-4-6-19(13-18)30-15-16-9-11-17(25)12-10-16/h2-14H,15H2,1H3,(H,26,29). The molecule has 0 saturated heterocycles. The summed E-state index contributed by atoms with van der Waals surface area (Å²) < 4.78 is 20.3. The first kappa shape index (κ1) is 19.4. The Labute approximate surface area is 172 Å². The summed E-state index contributed by atoms with van der Waals surface area (Å²) in [5.74, 6) is -0.114. The van der Waals surface area contributed by atoms with Crippen molar-refractivity contribution in [3.05, 3.63) is 106 Å². The highest BCUT2D eigenvalue weighted by atomic mass is 19.1. The molecule has 150 valence electrons. The molecule has 30 heavy (non-hydrogen) atoms. The van der Waals surface area contributed by atoms with E-state index in [-0.39, 0.29) is 23.9 Å². The molecule has 1 amide bonds. The molecule has 6 heteroatoms. The second-order valence-electron chi connectivity index (χ2n) is 6.87. The smallest absolute Gasteiger partial charge is 0.256 e. The number of halogens is 1. The fourth-order valence-corrected chi connectivity index (χ4v) is 3.21. The van der Waals surface area contributed by atoms with E-state index in [0.29, 0.717) is 27.9 Å². The van der Waals surface area contributed by atoms with E-state index >= 15 is 0 Å². The van der Waals surface area contributed by atoms with Crippen molar-refractivity contribution in [1.82, 2.24) is 4.57 Å². The van der Waals surface area contributed by atoms with Crippen LogP contribution in [0.4, 0.5) is 10.1 Å². The van der Waals surface area contributed by atoms with E-state index in [0.717, 1.165) is 5.56 Å². The van der Waals surface area contributed by atoms with Gasteiger partial charge in [0.2, 0.25) is 0 Å². The van der Waals surface area contributed by atoms with E-state index < -0.39 is 0 Å². The van der Waals surface area contributed by atoms with Crippen LogP contribution in [0.1, 0.15) is 15.9 Å². The van der Waals surface area contributed by atoms with E-state index in [9.17, 15) is 14.0 Å². The van der Waals surface area contributed by atoms with Crippen LogP contribution in [0.15, 0.2) is 83.7 Å². The van der Waals surface area contributed by atoms with Crippen LogP contribution in [0.2, 0.25) is 0 Å². The number of para-hydroxylation sites is 1. The number of hydrogen-bond donors (Lipinski definition) is 1. The topological polar surface area (TPSA) is 60.3 Å². The largest absolute Gasteiger partial charge is 0.489 e. The number of pyridine rings is 1. The van der Waals surface area contributed by atoms with Gasteiger partial charge in [0, 0.05) is 30.3 Å². The molecule has 1 N–H and O–H groups in total. The van der Waals surface area contributed by atoms with E-state index in [4.69, 9.17) is 4.74 Å². The number of carbonyl (C=O) groups excluding carboxylic acids is 1. The van der Waals surface area contributed by atoms with Gasteiger partial charge in [0.15, 0.2) is 0 Å².